The van der Waals surface area contributed by atoms with Crippen LogP contribution in [0.25, 0.3) is 0 Å². The van der Waals surface area contributed by atoms with E-state index in [-0.39, 0.29) is 0 Å². The molecule has 0 spiro atoms. The molecule has 0 radical (unpaired) electrons. The van der Waals surface area contributed by atoms with Gasteiger partial charge in [0.15, 0.2) is 0 Å². The first kappa shape index (κ1) is 15.6. The maximum Gasteiger partial charge on any atom is 0.229 e. The van der Waals surface area contributed by atoms with Crippen molar-refractivity contribution >= 4 is 40.7 Å². The van der Waals surface area contributed by atoms with Crippen LogP contribution in [0.2, 0.25) is 10.0 Å². The summed E-state index contributed by atoms with van der Waals surface area (Å²) >= 11 is 11.9. The lowest BCUT2D eigenvalue weighted by molar-refractivity contribution is 1.08. The monoisotopic (exact) mass is 344 g/mol. The third-order valence-electron chi connectivity index (χ3n) is 3.15. The average Bonchev–Trinajstić information content (AvgIpc) is 2.58. The summed E-state index contributed by atoms with van der Waals surface area (Å²) in [6, 6.07) is 17.2. The minimum Gasteiger partial charge on any atom is -0.366 e. The standard InChI is InChI=1S/C17H14Cl2N4/c18-14-7-6-13(10-15(14)19)22-17-20-9-8-16(23-17)21-11-12-4-2-1-3-5-12/h1-10H,11H2,(H2,20,21,22,23). The zero-order valence-corrected chi connectivity index (χ0v) is 13.6. The number of nitrogens with zero attached hydrogens (tertiary/aromatic N) is 2. The second-order valence-corrected chi connectivity index (χ2v) is 5.67. The van der Waals surface area contributed by atoms with E-state index < -0.39 is 0 Å². The number of nitrogens with one attached hydrogen (secondary N) is 2. The Morgan fingerprint density at radius 2 is 1.74 bits per heavy atom. The van der Waals surface area contributed by atoms with Gasteiger partial charge < -0.3 is 10.6 Å². The predicted molar refractivity (Wildman–Crippen MR) is 95.5 cm³/mol. The summed E-state index contributed by atoms with van der Waals surface area (Å²) in [6.07, 6.45) is 1.69. The molecule has 0 saturated heterocycles. The zero-order chi connectivity index (χ0) is 16.1. The van der Waals surface area contributed by atoms with Crippen molar-refractivity contribution in [2.24, 2.45) is 0 Å². The van der Waals surface area contributed by atoms with Crippen molar-refractivity contribution in [2.45, 2.75) is 6.54 Å². The molecule has 23 heavy (non-hydrogen) atoms. The number of anilines is 3. The summed E-state index contributed by atoms with van der Waals surface area (Å²) in [6.45, 7) is 0.698. The molecular formula is C17H14Cl2N4. The van der Waals surface area contributed by atoms with Gasteiger partial charge in [-0.15, -0.1) is 0 Å². The molecule has 3 aromatic rings. The van der Waals surface area contributed by atoms with Crippen molar-refractivity contribution in [3.63, 3.8) is 0 Å². The summed E-state index contributed by atoms with van der Waals surface area (Å²) in [5, 5.41) is 7.37. The Labute approximate surface area is 144 Å². The van der Waals surface area contributed by atoms with Crippen LogP contribution in [0.1, 0.15) is 5.56 Å². The fourth-order valence-electron chi connectivity index (χ4n) is 2.01. The quantitative estimate of drug-likeness (QED) is 0.672. The van der Waals surface area contributed by atoms with Gasteiger partial charge in [0.25, 0.3) is 0 Å². The van der Waals surface area contributed by atoms with Crippen LogP contribution >= 0.6 is 23.2 Å². The summed E-state index contributed by atoms with van der Waals surface area (Å²) < 4.78 is 0. The molecule has 0 aliphatic carbocycles. The lowest BCUT2D eigenvalue weighted by atomic mass is 10.2. The fourth-order valence-corrected chi connectivity index (χ4v) is 2.31. The van der Waals surface area contributed by atoms with E-state index in [1.807, 2.05) is 30.3 Å². The number of halogens is 2. The first-order valence-corrected chi connectivity index (χ1v) is 7.79. The summed E-state index contributed by atoms with van der Waals surface area (Å²) in [5.41, 5.74) is 1.96. The van der Waals surface area contributed by atoms with E-state index in [9.17, 15) is 0 Å². The topological polar surface area (TPSA) is 49.8 Å². The average molecular weight is 345 g/mol. The van der Waals surface area contributed by atoms with Gasteiger partial charge in [0.2, 0.25) is 5.95 Å². The highest BCUT2D eigenvalue weighted by atomic mass is 35.5. The van der Waals surface area contributed by atoms with Crippen molar-refractivity contribution in [3.8, 4) is 0 Å². The molecule has 0 saturated carbocycles. The van der Waals surface area contributed by atoms with E-state index in [1.165, 1.54) is 5.56 Å². The SMILES string of the molecule is Clc1ccc(Nc2nccc(NCc3ccccc3)n2)cc1Cl. The molecule has 3 rings (SSSR count). The van der Waals surface area contributed by atoms with Gasteiger partial charge in [-0.25, -0.2) is 4.98 Å². The Kier molecular flexibility index (Phi) is 4.95. The Morgan fingerprint density at radius 3 is 2.52 bits per heavy atom. The van der Waals surface area contributed by atoms with E-state index in [4.69, 9.17) is 23.2 Å². The number of aromatic nitrogens is 2. The van der Waals surface area contributed by atoms with Gasteiger partial charge in [0.1, 0.15) is 5.82 Å². The summed E-state index contributed by atoms with van der Waals surface area (Å²) in [4.78, 5) is 8.63. The number of rotatable bonds is 5. The summed E-state index contributed by atoms with van der Waals surface area (Å²) in [7, 11) is 0. The molecule has 0 bridgehead atoms. The van der Waals surface area contributed by atoms with Crippen LogP contribution < -0.4 is 10.6 Å². The van der Waals surface area contributed by atoms with Gasteiger partial charge >= 0.3 is 0 Å². The lowest BCUT2D eigenvalue weighted by Crippen LogP contribution is -2.04. The van der Waals surface area contributed by atoms with E-state index >= 15 is 0 Å². The number of hydrogen-bond acceptors (Lipinski definition) is 4. The van der Waals surface area contributed by atoms with Crippen molar-refractivity contribution in [1.82, 2.24) is 9.97 Å². The molecule has 0 atom stereocenters. The molecule has 0 aliphatic rings. The molecule has 1 aromatic heterocycles. The van der Waals surface area contributed by atoms with Crippen LogP contribution in [0.3, 0.4) is 0 Å². The Bertz CT molecular complexity index is 794. The maximum atomic E-state index is 6.00. The molecule has 6 heteroatoms. The van der Waals surface area contributed by atoms with Gasteiger partial charge in [0.05, 0.1) is 10.0 Å². The highest BCUT2D eigenvalue weighted by Gasteiger charge is 2.03. The van der Waals surface area contributed by atoms with Crippen LogP contribution in [0.5, 0.6) is 0 Å². The van der Waals surface area contributed by atoms with Crippen LogP contribution in [0, 0.1) is 0 Å². The molecule has 2 aromatic carbocycles. The first-order valence-electron chi connectivity index (χ1n) is 7.03. The number of benzene rings is 2. The number of hydrogen-bond donors (Lipinski definition) is 2. The second-order valence-electron chi connectivity index (χ2n) is 4.86. The Hall–Kier alpha value is -2.30. The van der Waals surface area contributed by atoms with Gasteiger partial charge in [-0.05, 0) is 29.8 Å². The molecule has 2 N–H and O–H groups in total. The van der Waals surface area contributed by atoms with Crippen molar-refractivity contribution in [1.29, 1.82) is 0 Å². The van der Waals surface area contributed by atoms with Crippen molar-refractivity contribution in [2.75, 3.05) is 10.6 Å². The highest BCUT2D eigenvalue weighted by molar-refractivity contribution is 6.42. The smallest absolute Gasteiger partial charge is 0.229 e. The van der Waals surface area contributed by atoms with Gasteiger partial charge in [-0.1, -0.05) is 53.5 Å². The van der Waals surface area contributed by atoms with Crippen molar-refractivity contribution in [3.05, 3.63) is 76.4 Å². The molecular weight excluding hydrogens is 331 g/mol. The van der Waals surface area contributed by atoms with Crippen LogP contribution in [0.4, 0.5) is 17.5 Å². The van der Waals surface area contributed by atoms with E-state index in [0.29, 0.717) is 22.5 Å². The molecule has 0 amide bonds. The van der Waals surface area contributed by atoms with Crippen LogP contribution in [-0.4, -0.2) is 9.97 Å². The fraction of sp³-hybridized carbons (Fsp3) is 0.0588. The maximum absolute atomic E-state index is 6.00. The Balaban J connectivity index is 1.68. The molecule has 4 nitrogen and oxygen atoms in total. The lowest BCUT2D eigenvalue weighted by Gasteiger charge is -2.09. The van der Waals surface area contributed by atoms with Crippen LogP contribution in [0.15, 0.2) is 60.8 Å². The first-order chi connectivity index (χ1) is 11.2. The zero-order valence-electron chi connectivity index (χ0n) is 12.1. The molecule has 116 valence electrons. The second kappa shape index (κ2) is 7.31. The molecule has 0 unspecified atom stereocenters. The largest absolute Gasteiger partial charge is 0.366 e. The highest BCUT2D eigenvalue weighted by Crippen LogP contribution is 2.26. The van der Waals surface area contributed by atoms with E-state index in [0.717, 1.165) is 11.5 Å². The minimum atomic E-state index is 0.482. The predicted octanol–water partition coefficient (Wildman–Crippen LogP) is 5.14. The van der Waals surface area contributed by atoms with Crippen LogP contribution in [-0.2, 0) is 6.54 Å². The third kappa shape index (κ3) is 4.34. The molecule has 1 heterocycles. The molecule has 0 aliphatic heterocycles. The van der Waals surface area contributed by atoms with E-state index in [1.54, 1.807) is 18.3 Å². The van der Waals surface area contributed by atoms with Gasteiger partial charge in [-0.2, -0.15) is 4.98 Å². The van der Waals surface area contributed by atoms with E-state index in [2.05, 4.69) is 32.7 Å². The summed E-state index contributed by atoms with van der Waals surface area (Å²) in [5.74, 6) is 1.23. The minimum absolute atomic E-state index is 0.482. The van der Waals surface area contributed by atoms with Crippen molar-refractivity contribution < 1.29 is 0 Å². The Morgan fingerprint density at radius 1 is 0.913 bits per heavy atom. The van der Waals surface area contributed by atoms with Gasteiger partial charge in [0, 0.05) is 18.4 Å². The van der Waals surface area contributed by atoms with Gasteiger partial charge in [-0.3, -0.25) is 0 Å². The normalized spacial score (nSPS) is 10.3. The third-order valence-corrected chi connectivity index (χ3v) is 3.89. The molecule has 0 fully saturated rings.